The molecule has 5 nitrogen and oxygen atoms in total. The first kappa shape index (κ1) is 22.6. The van der Waals surface area contributed by atoms with E-state index >= 15 is 0 Å². The Hall–Kier alpha value is -0.640. The highest BCUT2D eigenvalue weighted by molar-refractivity contribution is 14.0. The Morgan fingerprint density at radius 1 is 1.26 bits per heavy atom. The number of rotatable bonds is 5. The van der Waals surface area contributed by atoms with Crippen molar-refractivity contribution in [2.45, 2.75) is 25.3 Å². The minimum atomic E-state index is -0.312. The summed E-state index contributed by atoms with van der Waals surface area (Å²) in [6.07, 6.45) is 0. The summed E-state index contributed by atoms with van der Waals surface area (Å²) in [6.45, 7) is 11.5. The van der Waals surface area contributed by atoms with E-state index in [9.17, 15) is 4.39 Å². The Morgan fingerprint density at radius 2 is 1.96 bits per heavy atom. The Kier molecular flexibility index (Phi) is 8.15. The number of piperazine rings is 3. The molecule has 2 N–H and O–H groups in total. The van der Waals surface area contributed by atoms with Crippen molar-refractivity contribution >= 4 is 41.5 Å². The van der Waals surface area contributed by atoms with Gasteiger partial charge in [-0.15, -0.1) is 24.0 Å². The third-order valence-corrected chi connectivity index (χ3v) is 5.79. The fourth-order valence-electron chi connectivity index (χ4n) is 3.79. The number of aliphatic imine (C=N–C) groups is 1. The molecule has 0 aliphatic carbocycles. The van der Waals surface area contributed by atoms with Crippen LogP contribution in [-0.2, 0) is 5.41 Å². The molecule has 1 atom stereocenters. The van der Waals surface area contributed by atoms with Gasteiger partial charge < -0.3 is 10.6 Å². The molecule has 3 aliphatic rings. The maximum atomic E-state index is 13.3. The van der Waals surface area contributed by atoms with Crippen molar-refractivity contribution in [3.8, 4) is 0 Å². The summed E-state index contributed by atoms with van der Waals surface area (Å²) in [5.41, 5.74) is 0.675. The van der Waals surface area contributed by atoms with Gasteiger partial charge in [-0.05, 0) is 17.7 Å². The lowest BCUT2D eigenvalue weighted by Gasteiger charge is -2.47. The first-order valence-electron chi connectivity index (χ1n) is 9.25. The number of hydrogen-bond donors (Lipinski definition) is 2. The predicted molar refractivity (Wildman–Crippen MR) is 121 cm³/mol. The molecule has 27 heavy (non-hydrogen) atoms. The van der Waals surface area contributed by atoms with Crippen molar-refractivity contribution < 1.29 is 4.39 Å². The number of nitrogens with zero attached hydrogens (tertiary/aromatic N) is 3. The van der Waals surface area contributed by atoms with E-state index in [1.807, 2.05) is 0 Å². The summed E-state index contributed by atoms with van der Waals surface area (Å²) in [5.74, 6) is 0.474. The van der Waals surface area contributed by atoms with Gasteiger partial charge in [0.1, 0.15) is 5.82 Å². The zero-order valence-electron chi connectivity index (χ0n) is 16.3. The van der Waals surface area contributed by atoms with Crippen LogP contribution < -0.4 is 10.6 Å². The maximum Gasteiger partial charge on any atom is 0.191 e. The number of nitrogens with one attached hydrogen (secondary N) is 2. The molecule has 0 aromatic heterocycles. The molecule has 0 saturated carbocycles. The minimum Gasteiger partial charge on any atom is -0.356 e. The largest absolute Gasteiger partial charge is 0.356 e. The molecule has 3 heterocycles. The third kappa shape index (κ3) is 5.68. The number of guanidine groups is 1. The van der Waals surface area contributed by atoms with Gasteiger partial charge in [-0.2, -0.15) is 0 Å². The van der Waals surface area contributed by atoms with Crippen LogP contribution in [0.4, 0.5) is 4.39 Å². The van der Waals surface area contributed by atoms with Crippen molar-refractivity contribution in [2.24, 2.45) is 4.99 Å². The van der Waals surface area contributed by atoms with E-state index in [1.165, 1.54) is 25.2 Å². The molecule has 1 unspecified atom stereocenters. The standard InChI is InChI=1S/C19H29ClFN5.HI/c1-19(2,16-5-4-14(21)10-17(16)20)13-24-18(22-3)23-11-15-12-25-6-8-26(15)9-7-25;/h4-5,10,15H,6-9,11-13H2,1-3H3,(H2,22,23,24);1H. The van der Waals surface area contributed by atoms with Gasteiger partial charge in [-0.1, -0.05) is 31.5 Å². The highest BCUT2D eigenvalue weighted by atomic mass is 127. The van der Waals surface area contributed by atoms with E-state index in [2.05, 4.69) is 39.3 Å². The van der Waals surface area contributed by atoms with Crippen molar-refractivity contribution in [3.63, 3.8) is 0 Å². The van der Waals surface area contributed by atoms with Crippen LogP contribution >= 0.6 is 35.6 Å². The zero-order chi connectivity index (χ0) is 18.7. The molecule has 3 aliphatic heterocycles. The zero-order valence-corrected chi connectivity index (χ0v) is 19.4. The van der Waals surface area contributed by atoms with Crippen molar-refractivity contribution in [3.05, 3.63) is 34.6 Å². The Morgan fingerprint density at radius 3 is 2.52 bits per heavy atom. The van der Waals surface area contributed by atoms with Crippen LogP contribution in [0.15, 0.2) is 23.2 Å². The molecule has 2 bridgehead atoms. The average Bonchev–Trinajstić information content (AvgIpc) is 2.62. The quantitative estimate of drug-likeness (QED) is 0.364. The first-order valence-corrected chi connectivity index (χ1v) is 9.63. The molecule has 3 fully saturated rings. The normalized spacial score (nSPS) is 25.1. The smallest absolute Gasteiger partial charge is 0.191 e. The van der Waals surface area contributed by atoms with E-state index in [0.717, 1.165) is 37.7 Å². The fraction of sp³-hybridized carbons (Fsp3) is 0.632. The summed E-state index contributed by atoms with van der Waals surface area (Å²) < 4.78 is 13.3. The number of hydrogen-bond acceptors (Lipinski definition) is 3. The lowest BCUT2D eigenvalue weighted by atomic mass is 9.84. The molecule has 0 amide bonds. The van der Waals surface area contributed by atoms with Crippen molar-refractivity contribution in [1.29, 1.82) is 0 Å². The molecule has 1 aromatic carbocycles. The van der Waals surface area contributed by atoms with Crippen LogP contribution in [0, 0.1) is 5.82 Å². The van der Waals surface area contributed by atoms with E-state index in [-0.39, 0.29) is 35.2 Å². The fourth-order valence-corrected chi connectivity index (χ4v) is 4.21. The second-order valence-electron chi connectivity index (χ2n) is 7.81. The van der Waals surface area contributed by atoms with Crippen molar-refractivity contribution in [2.75, 3.05) is 52.9 Å². The topological polar surface area (TPSA) is 42.9 Å². The van der Waals surface area contributed by atoms with Gasteiger partial charge in [0, 0.05) is 69.3 Å². The van der Waals surface area contributed by atoms with Gasteiger partial charge in [0.05, 0.1) is 0 Å². The Labute approximate surface area is 183 Å². The van der Waals surface area contributed by atoms with Crippen LogP contribution in [0.5, 0.6) is 0 Å². The maximum absolute atomic E-state index is 13.3. The first-order chi connectivity index (χ1) is 12.4. The van der Waals surface area contributed by atoms with E-state index in [1.54, 1.807) is 13.1 Å². The molecule has 152 valence electrons. The molecule has 4 rings (SSSR count). The molecule has 1 aromatic rings. The van der Waals surface area contributed by atoms with Crippen molar-refractivity contribution in [1.82, 2.24) is 20.4 Å². The number of halogens is 3. The lowest BCUT2D eigenvalue weighted by Crippen LogP contribution is -2.64. The van der Waals surface area contributed by atoms with Gasteiger partial charge in [0.25, 0.3) is 0 Å². The van der Waals surface area contributed by atoms with E-state index in [4.69, 9.17) is 11.6 Å². The molecule has 0 spiro atoms. The highest BCUT2D eigenvalue weighted by Gasteiger charge is 2.31. The second-order valence-corrected chi connectivity index (χ2v) is 8.21. The molecule has 8 heteroatoms. The van der Waals surface area contributed by atoms with Gasteiger partial charge >= 0.3 is 0 Å². The molecule has 0 radical (unpaired) electrons. The van der Waals surface area contributed by atoms with E-state index in [0.29, 0.717) is 17.6 Å². The highest BCUT2D eigenvalue weighted by Crippen LogP contribution is 2.29. The van der Waals surface area contributed by atoms with Crippen LogP contribution in [0.3, 0.4) is 0 Å². The number of fused-ring (bicyclic) bond motifs is 3. The minimum absolute atomic E-state index is 0. The monoisotopic (exact) mass is 509 g/mol. The average molecular weight is 510 g/mol. The summed E-state index contributed by atoms with van der Waals surface area (Å²) >= 11 is 6.24. The van der Waals surface area contributed by atoms with Crippen LogP contribution in [-0.4, -0.2) is 74.7 Å². The summed E-state index contributed by atoms with van der Waals surface area (Å²) in [5, 5.41) is 7.30. The van der Waals surface area contributed by atoms with Crippen LogP contribution in [0.1, 0.15) is 19.4 Å². The predicted octanol–water partition coefficient (Wildman–Crippen LogP) is 2.54. The summed E-state index contributed by atoms with van der Waals surface area (Å²) in [6, 6.07) is 5.12. The molecular weight excluding hydrogens is 480 g/mol. The van der Waals surface area contributed by atoms with E-state index < -0.39 is 0 Å². The lowest BCUT2D eigenvalue weighted by molar-refractivity contribution is 0.0154. The van der Waals surface area contributed by atoms with Crippen LogP contribution in [0.25, 0.3) is 0 Å². The number of benzene rings is 1. The SMILES string of the molecule is CN=C(NCC1CN2CCN1CC2)NCC(C)(C)c1ccc(F)cc1Cl.I. The summed E-state index contributed by atoms with van der Waals surface area (Å²) in [7, 11) is 1.78. The van der Waals surface area contributed by atoms with Crippen LogP contribution in [0.2, 0.25) is 5.02 Å². The van der Waals surface area contributed by atoms with Gasteiger partial charge in [-0.3, -0.25) is 14.8 Å². The van der Waals surface area contributed by atoms with Gasteiger partial charge in [0.2, 0.25) is 0 Å². The van der Waals surface area contributed by atoms with Gasteiger partial charge in [0.15, 0.2) is 5.96 Å². The molecule has 3 saturated heterocycles. The molecular formula is C19H30ClFIN5. The second kappa shape index (κ2) is 9.71. The third-order valence-electron chi connectivity index (χ3n) is 5.48. The summed E-state index contributed by atoms with van der Waals surface area (Å²) in [4.78, 5) is 9.43. The Balaban J connectivity index is 0.00000261. The van der Waals surface area contributed by atoms with Gasteiger partial charge in [-0.25, -0.2) is 4.39 Å². The Bertz CT molecular complexity index is 662.